The van der Waals surface area contributed by atoms with E-state index in [4.69, 9.17) is 9.97 Å². The van der Waals surface area contributed by atoms with E-state index in [9.17, 15) is 4.79 Å². The van der Waals surface area contributed by atoms with Gasteiger partial charge in [0.2, 0.25) is 11.9 Å². The lowest BCUT2D eigenvalue weighted by Gasteiger charge is -2.33. The average molecular weight is 403 g/mol. The molecule has 3 aromatic rings. The Bertz CT molecular complexity index is 1050. The van der Waals surface area contributed by atoms with E-state index in [2.05, 4.69) is 47.5 Å². The molecule has 1 saturated heterocycles. The Balaban J connectivity index is 1.61. The molecule has 1 fully saturated rings. The minimum atomic E-state index is -0.196. The smallest absolute Gasteiger partial charge is 0.226 e. The summed E-state index contributed by atoms with van der Waals surface area (Å²) in [6.07, 6.45) is 1.63. The summed E-state index contributed by atoms with van der Waals surface area (Å²) < 4.78 is 0. The highest BCUT2D eigenvalue weighted by Gasteiger charge is 2.28. The molecule has 0 spiro atoms. The molecule has 2 aromatic carbocycles. The van der Waals surface area contributed by atoms with Crippen molar-refractivity contribution in [2.24, 2.45) is 5.92 Å². The minimum Gasteiger partial charge on any atom is -0.351 e. The van der Waals surface area contributed by atoms with E-state index in [0.717, 1.165) is 54.0 Å². The summed E-state index contributed by atoms with van der Waals surface area (Å²) in [7, 11) is 0. The normalized spacial score (nSPS) is 15.4. The van der Waals surface area contributed by atoms with Crippen LogP contribution in [0, 0.1) is 12.8 Å². The van der Waals surface area contributed by atoms with Crippen molar-refractivity contribution in [3.8, 4) is 11.3 Å². The Labute approximate surface area is 178 Å². The standard InChI is InChI=1S/C25H30N4O/c1-17-10-11-21-20(16-17)22(18-8-6-5-7-9-18)27-24(26-21)29-14-12-19(13-15-29)23(30)28-25(2,3)4/h5-11,16,19H,12-15H2,1-4H3,(H,28,30). The summed E-state index contributed by atoms with van der Waals surface area (Å²) in [6.45, 7) is 9.73. The maximum atomic E-state index is 12.5. The first-order valence-electron chi connectivity index (χ1n) is 10.7. The van der Waals surface area contributed by atoms with Crippen molar-refractivity contribution in [2.75, 3.05) is 18.0 Å². The third kappa shape index (κ3) is 4.45. The Kier molecular flexibility index (Phi) is 5.46. The van der Waals surface area contributed by atoms with Gasteiger partial charge in [-0.15, -0.1) is 0 Å². The van der Waals surface area contributed by atoms with E-state index in [0.29, 0.717) is 0 Å². The molecule has 0 radical (unpaired) electrons. The zero-order chi connectivity index (χ0) is 21.3. The zero-order valence-electron chi connectivity index (χ0n) is 18.3. The van der Waals surface area contributed by atoms with Gasteiger partial charge in [-0.05, 0) is 52.7 Å². The maximum absolute atomic E-state index is 12.5. The number of nitrogens with zero attached hydrogens (tertiary/aromatic N) is 3. The highest BCUT2D eigenvalue weighted by atomic mass is 16.2. The van der Waals surface area contributed by atoms with Crippen LogP contribution >= 0.6 is 0 Å². The molecule has 0 atom stereocenters. The van der Waals surface area contributed by atoms with Gasteiger partial charge in [-0.1, -0.05) is 42.0 Å². The number of fused-ring (bicyclic) bond motifs is 1. The zero-order valence-corrected chi connectivity index (χ0v) is 18.3. The maximum Gasteiger partial charge on any atom is 0.226 e. The molecule has 1 N–H and O–H groups in total. The molecule has 1 aromatic heterocycles. The number of aromatic nitrogens is 2. The molecule has 30 heavy (non-hydrogen) atoms. The fraction of sp³-hybridized carbons (Fsp3) is 0.400. The lowest BCUT2D eigenvalue weighted by Crippen LogP contribution is -2.47. The van der Waals surface area contributed by atoms with Crippen LogP contribution in [0.3, 0.4) is 0 Å². The highest BCUT2D eigenvalue weighted by molar-refractivity contribution is 5.93. The summed E-state index contributed by atoms with van der Waals surface area (Å²) >= 11 is 0. The molecule has 0 saturated carbocycles. The fourth-order valence-corrected chi connectivity index (χ4v) is 4.00. The van der Waals surface area contributed by atoms with E-state index < -0.39 is 0 Å². The topological polar surface area (TPSA) is 58.1 Å². The molecule has 1 aliphatic rings. The van der Waals surface area contributed by atoms with Crippen molar-refractivity contribution >= 4 is 22.8 Å². The third-order valence-corrected chi connectivity index (χ3v) is 5.53. The first-order valence-corrected chi connectivity index (χ1v) is 10.7. The van der Waals surface area contributed by atoms with Crippen LogP contribution in [-0.2, 0) is 4.79 Å². The number of amides is 1. The summed E-state index contributed by atoms with van der Waals surface area (Å²) in [5.74, 6) is 0.957. The number of rotatable bonds is 3. The Morgan fingerprint density at radius 1 is 1.03 bits per heavy atom. The van der Waals surface area contributed by atoms with Crippen LogP contribution in [0.4, 0.5) is 5.95 Å². The fourth-order valence-electron chi connectivity index (χ4n) is 4.00. The number of benzene rings is 2. The molecule has 5 heteroatoms. The second-order valence-electron chi connectivity index (χ2n) is 9.26. The van der Waals surface area contributed by atoms with Gasteiger partial charge < -0.3 is 10.2 Å². The predicted molar refractivity (Wildman–Crippen MR) is 123 cm³/mol. The number of carbonyl (C=O) groups is 1. The molecule has 1 aliphatic heterocycles. The lowest BCUT2D eigenvalue weighted by molar-refractivity contribution is -0.127. The number of nitrogens with one attached hydrogen (secondary N) is 1. The Morgan fingerprint density at radius 2 is 1.73 bits per heavy atom. The van der Waals surface area contributed by atoms with Crippen LogP contribution in [0.1, 0.15) is 39.2 Å². The lowest BCUT2D eigenvalue weighted by atomic mass is 9.94. The summed E-state index contributed by atoms with van der Waals surface area (Å²) in [4.78, 5) is 24.6. The first-order chi connectivity index (χ1) is 14.3. The number of carbonyl (C=O) groups excluding carboxylic acids is 1. The van der Waals surface area contributed by atoms with E-state index in [-0.39, 0.29) is 17.4 Å². The van der Waals surface area contributed by atoms with E-state index in [1.165, 1.54) is 5.56 Å². The SMILES string of the molecule is Cc1ccc2nc(N3CCC(C(=O)NC(C)(C)C)CC3)nc(-c3ccccc3)c2c1. The van der Waals surface area contributed by atoms with Gasteiger partial charge in [0.25, 0.3) is 0 Å². The average Bonchev–Trinajstić information content (AvgIpc) is 2.72. The van der Waals surface area contributed by atoms with Gasteiger partial charge in [0.15, 0.2) is 0 Å². The Morgan fingerprint density at radius 3 is 2.40 bits per heavy atom. The van der Waals surface area contributed by atoms with Crippen molar-refractivity contribution in [1.29, 1.82) is 0 Å². The largest absolute Gasteiger partial charge is 0.351 e. The summed E-state index contributed by atoms with van der Waals surface area (Å²) in [5, 5.41) is 4.19. The molecule has 0 bridgehead atoms. The van der Waals surface area contributed by atoms with Gasteiger partial charge in [0, 0.05) is 35.5 Å². The van der Waals surface area contributed by atoms with Crippen LogP contribution in [0.15, 0.2) is 48.5 Å². The number of piperidine rings is 1. The van der Waals surface area contributed by atoms with Crippen molar-refractivity contribution in [3.63, 3.8) is 0 Å². The van der Waals surface area contributed by atoms with Crippen molar-refractivity contribution in [3.05, 3.63) is 54.1 Å². The molecule has 5 nitrogen and oxygen atoms in total. The molecular weight excluding hydrogens is 372 g/mol. The molecule has 4 rings (SSSR count). The van der Waals surface area contributed by atoms with Crippen LogP contribution < -0.4 is 10.2 Å². The quantitative estimate of drug-likeness (QED) is 0.688. The first kappa shape index (κ1) is 20.3. The molecule has 0 unspecified atom stereocenters. The van der Waals surface area contributed by atoms with Gasteiger partial charge in [0.1, 0.15) is 0 Å². The summed E-state index contributed by atoms with van der Waals surface area (Å²) in [6, 6.07) is 16.6. The highest BCUT2D eigenvalue weighted by Crippen LogP contribution is 2.30. The van der Waals surface area contributed by atoms with Gasteiger partial charge in [-0.2, -0.15) is 0 Å². The number of hydrogen-bond donors (Lipinski definition) is 1. The number of anilines is 1. The molecule has 0 aliphatic carbocycles. The molecule has 2 heterocycles. The monoisotopic (exact) mass is 402 g/mol. The summed E-state index contributed by atoms with van der Waals surface area (Å²) in [5.41, 5.74) is 4.01. The van der Waals surface area contributed by atoms with E-state index in [1.807, 2.05) is 39.0 Å². The van der Waals surface area contributed by atoms with E-state index >= 15 is 0 Å². The molecule has 156 valence electrons. The second kappa shape index (κ2) is 8.05. The molecular formula is C25H30N4O. The van der Waals surface area contributed by atoms with Crippen molar-refractivity contribution < 1.29 is 4.79 Å². The third-order valence-electron chi connectivity index (χ3n) is 5.53. The minimum absolute atomic E-state index is 0.0529. The van der Waals surface area contributed by atoms with Crippen LogP contribution in [0.25, 0.3) is 22.2 Å². The van der Waals surface area contributed by atoms with Gasteiger partial charge >= 0.3 is 0 Å². The van der Waals surface area contributed by atoms with E-state index in [1.54, 1.807) is 0 Å². The molecule has 1 amide bonds. The predicted octanol–water partition coefficient (Wildman–Crippen LogP) is 4.74. The van der Waals surface area contributed by atoms with Crippen molar-refractivity contribution in [2.45, 2.75) is 46.1 Å². The van der Waals surface area contributed by atoms with Crippen LogP contribution in [-0.4, -0.2) is 34.5 Å². The number of hydrogen-bond acceptors (Lipinski definition) is 4. The second-order valence-corrected chi connectivity index (χ2v) is 9.26. The van der Waals surface area contributed by atoms with Crippen molar-refractivity contribution in [1.82, 2.24) is 15.3 Å². The van der Waals surface area contributed by atoms with Gasteiger partial charge in [-0.3, -0.25) is 4.79 Å². The van der Waals surface area contributed by atoms with Gasteiger partial charge in [-0.25, -0.2) is 9.97 Å². The van der Waals surface area contributed by atoms with Crippen LogP contribution in [0.5, 0.6) is 0 Å². The van der Waals surface area contributed by atoms with Gasteiger partial charge in [0.05, 0.1) is 11.2 Å². The Hall–Kier alpha value is -2.95. The van der Waals surface area contributed by atoms with Crippen LogP contribution in [0.2, 0.25) is 0 Å². The number of aryl methyl sites for hydroxylation is 1.